The first-order valence-electron chi connectivity index (χ1n) is 11.3. The van der Waals surface area contributed by atoms with Crippen LogP contribution in [0.2, 0.25) is 0 Å². The number of aryl methyl sites for hydroxylation is 1. The molecule has 0 spiro atoms. The molecule has 0 aliphatic carbocycles. The maximum Gasteiger partial charge on any atom is 0.256 e. The van der Waals surface area contributed by atoms with Gasteiger partial charge >= 0.3 is 0 Å². The van der Waals surface area contributed by atoms with Crippen LogP contribution in [0.4, 0.5) is 11.6 Å². The predicted molar refractivity (Wildman–Crippen MR) is 133 cm³/mol. The van der Waals surface area contributed by atoms with Crippen molar-refractivity contribution in [2.24, 2.45) is 16.9 Å². The van der Waals surface area contributed by atoms with Crippen LogP contribution in [0.15, 0.2) is 47.7 Å². The van der Waals surface area contributed by atoms with Crippen LogP contribution in [0.1, 0.15) is 15.9 Å². The summed E-state index contributed by atoms with van der Waals surface area (Å²) in [5, 5.41) is 12.0. The zero-order valence-electron chi connectivity index (χ0n) is 19.2. The predicted octanol–water partition coefficient (Wildman–Crippen LogP) is 3.20. The Labute approximate surface area is 198 Å². The van der Waals surface area contributed by atoms with Gasteiger partial charge in [0.25, 0.3) is 5.91 Å². The molecule has 2 aromatic carbocycles. The minimum absolute atomic E-state index is 0.00579. The summed E-state index contributed by atoms with van der Waals surface area (Å²) in [6, 6.07) is 11.5. The molecule has 5 rings (SSSR count). The summed E-state index contributed by atoms with van der Waals surface area (Å²) in [6.45, 7) is 5.03. The standard InChI is InChI=1S/C25H27N7O2/c1-16-6-7-22(30-28-9-8-26)19(10-16)24(33)31-12-17-14-32(15-18(17)13-31)25-27-11-20-21(29-25)4-3-5-23(20)34-2/h3-11,17-18,26,30H,12-15H2,1-2H3/b26-8?,28-9-. The smallest absolute Gasteiger partial charge is 0.256 e. The molecule has 174 valence electrons. The van der Waals surface area contributed by atoms with Crippen molar-refractivity contribution >= 4 is 40.9 Å². The summed E-state index contributed by atoms with van der Waals surface area (Å²) < 4.78 is 5.41. The third-order valence-electron chi connectivity index (χ3n) is 6.59. The highest BCUT2D eigenvalue weighted by Crippen LogP contribution is 2.35. The number of likely N-dealkylation sites (tertiary alicyclic amines) is 1. The molecule has 0 radical (unpaired) electrons. The Hall–Kier alpha value is -4.01. The van der Waals surface area contributed by atoms with Gasteiger partial charge in [0, 0.05) is 50.4 Å². The SMILES string of the molecule is COc1cccc2nc(N3CC4CN(C(=O)c5cc(C)ccc5N/N=C\C=N)CC4C3)ncc12. The van der Waals surface area contributed by atoms with E-state index in [9.17, 15) is 4.79 Å². The molecule has 1 aromatic heterocycles. The van der Waals surface area contributed by atoms with Crippen molar-refractivity contribution in [2.75, 3.05) is 43.6 Å². The van der Waals surface area contributed by atoms with Gasteiger partial charge in [-0.25, -0.2) is 9.97 Å². The topological polar surface area (TPSA) is 107 Å². The number of nitrogens with zero attached hydrogens (tertiary/aromatic N) is 5. The highest BCUT2D eigenvalue weighted by molar-refractivity contribution is 6.14. The molecule has 0 bridgehead atoms. The second kappa shape index (κ2) is 9.09. The highest BCUT2D eigenvalue weighted by atomic mass is 16.5. The summed E-state index contributed by atoms with van der Waals surface area (Å²) >= 11 is 0. The van der Waals surface area contributed by atoms with E-state index in [2.05, 4.69) is 20.4 Å². The Morgan fingerprint density at radius 1 is 1.21 bits per heavy atom. The number of hydrogen-bond acceptors (Lipinski definition) is 8. The minimum atomic E-state index is 0.00579. The number of amides is 1. The van der Waals surface area contributed by atoms with Gasteiger partial charge in [-0.3, -0.25) is 10.2 Å². The molecule has 2 atom stereocenters. The average Bonchev–Trinajstić information content (AvgIpc) is 3.43. The Kier molecular flexibility index (Phi) is 5.83. The van der Waals surface area contributed by atoms with Gasteiger partial charge in [-0.1, -0.05) is 17.7 Å². The molecule has 2 saturated heterocycles. The third kappa shape index (κ3) is 4.05. The Morgan fingerprint density at radius 3 is 2.74 bits per heavy atom. The Morgan fingerprint density at radius 2 is 2.00 bits per heavy atom. The van der Waals surface area contributed by atoms with Gasteiger partial charge in [-0.2, -0.15) is 5.10 Å². The van der Waals surface area contributed by atoms with Crippen LogP contribution >= 0.6 is 0 Å². The summed E-state index contributed by atoms with van der Waals surface area (Å²) in [4.78, 5) is 26.9. The van der Waals surface area contributed by atoms with Crippen LogP contribution < -0.4 is 15.1 Å². The average molecular weight is 458 g/mol. The number of benzene rings is 2. The number of hydrogen-bond donors (Lipinski definition) is 2. The van der Waals surface area contributed by atoms with E-state index < -0.39 is 0 Å². The van der Waals surface area contributed by atoms with Gasteiger partial charge in [0.15, 0.2) is 0 Å². The lowest BCUT2D eigenvalue weighted by atomic mass is 10.0. The Bertz CT molecular complexity index is 1260. The number of aromatic nitrogens is 2. The first kappa shape index (κ1) is 21.8. The van der Waals surface area contributed by atoms with E-state index in [1.54, 1.807) is 7.11 Å². The van der Waals surface area contributed by atoms with Crippen molar-refractivity contribution in [2.45, 2.75) is 6.92 Å². The van der Waals surface area contributed by atoms with Crippen molar-refractivity contribution in [3.8, 4) is 5.75 Å². The molecular weight excluding hydrogens is 430 g/mol. The largest absolute Gasteiger partial charge is 0.496 e. The quantitative estimate of drug-likeness (QED) is 0.435. The van der Waals surface area contributed by atoms with Gasteiger partial charge in [-0.15, -0.1) is 0 Å². The first-order valence-corrected chi connectivity index (χ1v) is 11.3. The molecule has 2 aliphatic heterocycles. The molecule has 9 nitrogen and oxygen atoms in total. The molecule has 9 heteroatoms. The van der Waals surface area contributed by atoms with Crippen LogP contribution in [-0.4, -0.2) is 66.5 Å². The summed E-state index contributed by atoms with van der Waals surface area (Å²) in [6.07, 6.45) is 4.26. The van der Waals surface area contributed by atoms with Crippen molar-refractivity contribution in [1.29, 1.82) is 5.41 Å². The van der Waals surface area contributed by atoms with Crippen molar-refractivity contribution in [3.63, 3.8) is 0 Å². The number of hydrazone groups is 1. The van der Waals surface area contributed by atoms with Gasteiger partial charge < -0.3 is 19.9 Å². The maximum absolute atomic E-state index is 13.4. The molecule has 2 N–H and O–H groups in total. The van der Waals surface area contributed by atoms with Gasteiger partial charge in [0.1, 0.15) is 5.75 Å². The molecule has 3 heterocycles. The van der Waals surface area contributed by atoms with E-state index in [0.29, 0.717) is 36.2 Å². The van der Waals surface area contributed by atoms with Crippen LogP contribution in [0, 0.1) is 24.2 Å². The summed E-state index contributed by atoms with van der Waals surface area (Å²) in [7, 11) is 1.65. The molecule has 1 amide bonds. The number of ether oxygens (including phenoxy) is 1. The van der Waals surface area contributed by atoms with Crippen LogP contribution in [-0.2, 0) is 0 Å². The number of carbonyl (C=O) groups is 1. The number of carbonyl (C=O) groups excluding carboxylic acids is 1. The molecule has 0 saturated carbocycles. The van der Waals surface area contributed by atoms with Crippen molar-refractivity contribution < 1.29 is 9.53 Å². The van der Waals surface area contributed by atoms with E-state index in [0.717, 1.165) is 47.5 Å². The van der Waals surface area contributed by atoms with Crippen molar-refractivity contribution in [3.05, 3.63) is 53.7 Å². The fourth-order valence-electron chi connectivity index (χ4n) is 4.92. The van der Waals surface area contributed by atoms with E-state index in [1.165, 1.54) is 6.21 Å². The van der Waals surface area contributed by atoms with Crippen molar-refractivity contribution in [1.82, 2.24) is 14.9 Å². The molecule has 2 aliphatic rings. The molecular formula is C25H27N7O2. The third-order valence-corrected chi connectivity index (χ3v) is 6.59. The highest BCUT2D eigenvalue weighted by Gasteiger charge is 2.42. The van der Waals surface area contributed by atoms with Gasteiger partial charge in [0.2, 0.25) is 5.95 Å². The number of fused-ring (bicyclic) bond motifs is 2. The zero-order chi connectivity index (χ0) is 23.7. The van der Waals surface area contributed by atoms with Gasteiger partial charge in [0.05, 0.1) is 35.5 Å². The van der Waals surface area contributed by atoms with E-state index in [1.807, 2.05) is 54.4 Å². The van der Waals surface area contributed by atoms with E-state index in [-0.39, 0.29) is 5.91 Å². The lowest BCUT2D eigenvalue weighted by Gasteiger charge is -2.23. The molecule has 34 heavy (non-hydrogen) atoms. The normalized spacial score (nSPS) is 19.6. The zero-order valence-corrected chi connectivity index (χ0v) is 19.2. The number of rotatable bonds is 6. The fourth-order valence-corrected chi connectivity index (χ4v) is 4.92. The Balaban J connectivity index is 1.29. The lowest BCUT2D eigenvalue weighted by Crippen LogP contribution is -2.34. The monoisotopic (exact) mass is 457 g/mol. The molecule has 3 aromatic rings. The number of methoxy groups -OCH3 is 1. The maximum atomic E-state index is 13.4. The van der Waals surface area contributed by atoms with Crippen LogP contribution in [0.25, 0.3) is 10.9 Å². The van der Waals surface area contributed by atoms with Crippen LogP contribution in [0.5, 0.6) is 5.75 Å². The lowest BCUT2D eigenvalue weighted by molar-refractivity contribution is 0.0783. The van der Waals surface area contributed by atoms with Gasteiger partial charge in [-0.05, 0) is 31.2 Å². The molecule has 2 fully saturated rings. The second-order valence-corrected chi connectivity index (χ2v) is 8.80. The second-order valence-electron chi connectivity index (χ2n) is 8.80. The minimum Gasteiger partial charge on any atom is -0.496 e. The number of anilines is 2. The van der Waals surface area contributed by atoms with E-state index in [4.69, 9.17) is 15.1 Å². The number of nitrogens with one attached hydrogen (secondary N) is 2. The summed E-state index contributed by atoms with van der Waals surface area (Å²) in [5.41, 5.74) is 6.01. The molecule has 2 unspecified atom stereocenters. The summed E-state index contributed by atoms with van der Waals surface area (Å²) in [5.74, 6) is 2.26. The van der Waals surface area contributed by atoms with Crippen LogP contribution in [0.3, 0.4) is 0 Å². The fraction of sp³-hybridized carbons (Fsp3) is 0.320. The first-order chi connectivity index (χ1) is 16.6. The van der Waals surface area contributed by atoms with E-state index >= 15 is 0 Å².